The second kappa shape index (κ2) is 9.24. The maximum atomic E-state index is 13.7. The van der Waals surface area contributed by atoms with E-state index in [9.17, 15) is 18.0 Å². The lowest BCUT2D eigenvalue weighted by Crippen LogP contribution is -2.48. The number of aromatic nitrogens is 2. The molecule has 0 N–H and O–H groups in total. The highest BCUT2D eigenvalue weighted by Gasteiger charge is 2.34. The standard InChI is InChI=1S/C23H26N4O5S/c1-18-22(23(29)27(24(18)2)19-9-5-3-6-10-19)26(17-21(28)25-13-15-32-16-14-25)33(30,31)20-11-7-4-8-12-20/h3-12H,13-17H2,1-2H3. The zero-order valence-corrected chi connectivity index (χ0v) is 19.4. The first-order valence-corrected chi connectivity index (χ1v) is 12.0. The Morgan fingerprint density at radius 1 is 1.00 bits per heavy atom. The Labute approximate surface area is 192 Å². The molecule has 0 saturated carbocycles. The van der Waals surface area contributed by atoms with Crippen molar-refractivity contribution < 1.29 is 17.9 Å². The van der Waals surface area contributed by atoms with Gasteiger partial charge in [-0.25, -0.2) is 17.4 Å². The molecular weight excluding hydrogens is 444 g/mol. The first-order valence-electron chi connectivity index (χ1n) is 10.6. The van der Waals surface area contributed by atoms with E-state index < -0.39 is 22.1 Å². The number of anilines is 1. The van der Waals surface area contributed by atoms with Crippen molar-refractivity contribution in [3.8, 4) is 5.69 Å². The van der Waals surface area contributed by atoms with E-state index in [-0.39, 0.29) is 16.5 Å². The van der Waals surface area contributed by atoms with Crippen LogP contribution in [-0.2, 0) is 26.6 Å². The van der Waals surface area contributed by atoms with E-state index in [4.69, 9.17) is 4.74 Å². The van der Waals surface area contributed by atoms with Gasteiger partial charge in [0.2, 0.25) is 5.91 Å². The molecule has 3 aromatic rings. The lowest BCUT2D eigenvalue weighted by Gasteiger charge is -2.30. The number of carbonyl (C=O) groups is 1. The first-order chi connectivity index (χ1) is 15.8. The molecule has 10 heteroatoms. The van der Waals surface area contributed by atoms with Crippen LogP contribution < -0.4 is 9.86 Å². The lowest BCUT2D eigenvalue weighted by atomic mass is 10.3. The summed E-state index contributed by atoms with van der Waals surface area (Å²) in [5.41, 5.74) is 0.455. The van der Waals surface area contributed by atoms with Gasteiger partial charge in [-0.2, -0.15) is 0 Å². The van der Waals surface area contributed by atoms with Crippen LogP contribution in [0.1, 0.15) is 5.69 Å². The van der Waals surface area contributed by atoms with Crippen LogP contribution in [0.25, 0.3) is 5.69 Å². The average Bonchev–Trinajstić information content (AvgIpc) is 3.06. The van der Waals surface area contributed by atoms with Crippen LogP contribution in [0.15, 0.2) is 70.4 Å². The molecule has 0 radical (unpaired) electrons. The summed E-state index contributed by atoms with van der Waals surface area (Å²) in [7, 11) is -2.51. The molecule has 1 amide bonds. The van der Waals surface area contributed by atoms with Crippen molar-refractivity contribution >= 4 is 21.6 Å². The molecule has 0 spiro atoms. The third-order valence-electron chi connectivity index (χ3n) is 5.75. The SMILES string of the molecule is Cc1c(N(CC(=O)N2CCOCC2)S(=O)(=O)c2ccccc2)c(=O)n(-c2ccccc2)n1C. The Kier molecular flexibility index (Phi) is 6.39. The number of amides is 1. The fraction of sp³-hybridized carbons (Fsp3) is 0.304. The minimum absolute atomic E-state index is 0.00805. The summed E-state index contributed by atoms with van der Waals surface area (Å²) < 4.78 is 36.6. The number of benzene rings is 2. The number of morpholine rings is 1. The quantitative estimate of drug-likeness (QED) is 0.545. The van der Waals surface area contributed by atoms with Crippen LogP contribution in [0, 0.1) is 6.92 Å². The lowest BCUT2D eigenvalue weighted by molar-refractivity contribution is -0.133. The number of hydrogen-bond donors (Lipinski definition) is 0. The second-order valence-electron chi connectivity index (χ2n) is 7.73. The van der Waals surface area contributed by atoms with Gasteiger partial charge >= 0.3 is 0 Å². The summed E-state index contributed by atoms with van der Waals surface area (Å²) >= 11 is 0. The molecule has 1 aromatic heterocycles. The number of carbonyl (C=O) groups excluding carboxylic acids is 1. The van der Waals surface area contributed by atoms with E-state index >= 15 is 0 Å². The Morgan fingerprint density at radius 3 is 2.18 bits per heavy atom. The van der Waals surface area contributed by atoms with Gasteiger partial charge in [0.25, 0.3) is 15.6 Å². The Balaban J connectivity index is 1.85. The summed E-state index contributed by atoms with van der Waals surface area (Å²) in [6.07, 6.45) is 0. The van der Waals surface area contributed by atoms with Crippen molar-refractivity contribution in [2.75, 3.05) is 37.2 Å². The van der Waals surface area contributed by atoms with Gasteiger partial charge in [-0.15, -0.1) is 0 Å². The van der Waals surface area contributed by atoms with Crippen molar-refractivity contribution in [2.24, 2.45) is 7.05 Å². The molecule has 0 unspecified atom stereocenters. The van der Waals surface area contributed by atoms with Gasteiger partial charge in [-0.05, 0) is 31.2 Å². The molecule has 9 nitrogen and oxygen atoms in total. The third kappa shape index (κ3) is 4.31. The van der Waals surface area contributed by atoms with Crippen LogP contribution in [0.2, 0.25) is 0 Å². The fourth-order valence-corrected chi connectivity index (χ4v) is 5.37. The van der Waals surface area contributed by atoms with Crippen molar-refractivity contribution in [3.05, 3.63) is 76.7 Å². The molecule has 1 saturated heterocycles. The fourth-order valence-electron chi connectivity index (χ4n) is 3.88. The van der Waals surface area contributed by atoms with Gasteiger partial charge in [0, 0.05) is 20.1 Å². The molecule has 4 rings (SSSR count). The van der Waals surface area contributed by atoms with Gasteiger partial charge in [0.15, 0.2) is 0 Å². The molecule has 33 heavy (non-hydrogen) atoms. The molecular formula is C23H26N4O5S. The molecule has 2 heterocycles. The summed E-state index contributed by atoms with van der Waals surface area (Å²) in [6, 6.07) is 16.8. The zero-order valence-electron chi connectivity index (χ0n) is 18.5. The molecule has 2 aromatic carbocycles. The van der Waals surface area contributed by atoms with Crippen LogP contribution >= 0.6 is 0 Å². The largest absolute Gasteiger partial charge is 0.378 e. The van der Waals surface area contributed by atoms with Gasteiger partial charge in [0.05, 0.1) is 29.5 Å². The van der Waals surface area contributed by atoms with E-state index in [0.717, 1.165) is 4.31 Å². The van der Waals surface area contributed by atoms with Gasteiger partial charge in [-0.1, -0.05) is 36.4 Å². The maximum Gasteiger partial charge on any atom is 0.296 e. The normalized spacial score (nSPS) is 14.3. The minimum Gasteiger partial charge on any atom is -0.378 e. The predicted octanol–water partition coefficient (Wildman–Crippen LogP) is 1.54. The number of ether oxygens (including phenoxy) is 1. The Morgan fingerprint density at radius 2 is 1.58 bits per heavy atom. The van der Waals surface area contributed by atoms with Crippen LogP contribution in [0.5, 0.6) is 0 Å². The van der Waals surface area contributed by atoms with E-state index in [2.05, 4.69) is 0 Å². The van der Waals surface area contributed by atoms with Gasteiger partial charge < -0.3 is 9.64 Å². The van der Waals surface area contributed by atoms with Crippen LogP contribution in [-0.4, -0.2) is 61.4 Å². The Bertz CT molecular complexity index is 1290. The summed E-state index contributed by atoms with van der Waals surface area (Å²) in [6.45, 7) is 2.72. The molecule has 174 valence electrons. The molecule has 0 atom stereocenters. The van der Waals surface area contributed by atoms with Crippen LogP contribution in [0.3, 0.4) is 0 Å². The topological polar surface area (TPSA) is 93.9 Å². The number of para-hydroxylation sites is 1. The molecule has 1 aliphatic rings. The Hall–Kier alpha value is -3.37. The van der Waals surface area contributed by atoms with Crippen LogP contribution in [0.4, 0.5) is 5.69 Å². The maximum absolute atomic E-state index is 13.7. The first kappa shape index (κ1) is 22.8. The molecule has 0 bridgehead atoms. The van der Waals surface area contributed by atoms with Crippen molar-refractivity contribution in [1.29, 1.82) is 0 Å². The molecule has 1 aliphatic heterocycles. The third-order valence-corrected chi connectivity index (χ3v) is 7.51. The smallest absolute Gasteiger partial charge is 0.296 e. The summed E-state index contributed by atoms with van der Waals surface area (Å²) in [5, 5.41) is 0. The highest BCUT2D eigenvalue weighted by Crippen LogP contribution is 2.25. The molecule has 1 fully saturated rings. The van der Waals surface area contributed by atoms with Crippen molar-refractivity contribution in [2.45, 2.75) is 11.8 Å². The summed E-state index contributed by atoms with van der Waals surface area (Å²) in [5.74, 6) is -0.383. The zero-order chi connectivity index (χ0) is 23.6. The molecule has 0 aliphatic carbocycles. The van der Waals surface area contributed by atoms with E-state index in [1.807, 2.05) is 6.07 Å². The van der Waals surface area contributed by atoms with E-state index in [0.29, 0.717) is 37.7 Å². The monoisotopic (exact) mass is 470 g/mol. The number of hydrogen-bond acceptors (Lipinski definition) is 5. The summed E-state index contributed by atoms with van der Waals surface area (Å²) in [4.78, 5) is 28.2. The van der Waals surface area contributed by atoms with Gasteiger partial charge in [-0.3, -0.25) is 14.3 Å². The second-order valence-corrected chi connectivity index (χ2v) is 9.59. The average molecular weight is 471 g/mol. The van der Waals surface area contributed by atoms with Crippen molar-refractivity contribution in [1.82, 2.24) is 14.3 Å². The predicted molar refractivity (Wildman–Crippen MR) is 124 cm³/mol. The number of rotatable bonds is 6. The minimum atomic E-state index is -4.19. The van der Waals surface area contributed by atoms with Crippen molar-refractivity contribution in [3.63, 3.8) is 0 Å². The highest BCUT2D eigenvalue weighted by molar-refractivity contribution is 7.92. The highest BCUT2D eigenvalue weighted by atomic mass is 32.2. The van der Waals surface area contributed by atoms with E-state index in [1.165, 1.54) is 16.8 Å². The van der Waals surface area contributed by atoms with Gasteiger partial charge in [0.1, 0.15) is 12.2 Å². The number of nitrogens with zero attached hydrogens (tertiary/aromatic N) is 4. The number of sulfonamides is 1. The van der Waals surface area contributed by atoms with E-state index in [1.54, 1.807) is 66.0 Å².